The number of aliphatic imine (C=N–C) groups is 1. The maximum absolute atomic E-state index is 14.5. The van der Waals surface area contributed by atoms with Crippen LogP contribution in [0.3, 0.4) is 0 Å². The van der Waals surface area contributed by atoms with E-state index in [0.29, 0.717) is 23.1 Å². The van der Waals surface area contributed by atoms with Gasteiger partial charge in [0, 0.05) is 62.9 Å². The van der Waals surface area contributed by atoms with Crippen molar-refractivity contribution >= 4 is 82.0 Å². The summed E-state index contributed by atoms with van der Waals surface area (Å²) in [4.78, 5) is 160. The summed E-state index contributed by atoms with van der Waals surface area (Å²) >= 11 is 0. The van der Waals surface area contributed by atoms with Gasteiger partial charge in [0.15, 0.2) is 5.96 Å². The van der Waals surface area contributed by atoms with E-state index in [2.05, 4.69) is 70.3 Å². The number of hydrogen-bond acceptors (Lipinski definition) is 15. The zero-order valence-corrected chi connectivity index (χ0v) is 55.1. The number of amides is 12. The number of aliphatic hydroxyl groups excluding tert-OH is 2. The number of aromatic hydroxyl groups is 1. The minimum absolute atomic E-state index is 0.0117. The van der Waals surface area contributed by atoms with Crippen LogP contribution < -0.4 is 70.6 Å². The van der Waals surface area contributed by atoms with E-state index in [0.717, 1.165) is 61.3 Å². The largest absolute Gasteiger partial charge is 0.508 e. The molecule has 1 fully saturated rings. The smallest absolute Gasteiger partial charge is 0.334 e. The number of phenols is 1. The van der Waals surface area contributed by atoms with Gasteiger partial charge in [0.05, 0.1) is 18.6 Å². The van der Waals surface area contributed by atoms with Gasteiger partial charge in [-0.05, 0) is 79.8 Å². The molecule has 30 nitrogen and oxygen atoms in total. The topological polar surface area (TPSA) is 478 Å². The first kappa shape index (κ1) is 76.9. The number of primary amides is 2. The zero-order chi connectivity index (χ0) is 70.4. The van der Waals surface area contributed by atoms with E-state index in [1.807, 2.05) is 24.3 Å². The highest BCUT2D eigenvalue weighted by molar-refractivity contribution is 5.99. The molecule has 1 aliphatic heterocycles. The van der Waals surface area contributed by atoms with Gasteiger partial charge in [-0.25, -0.2) is 10.2 Å². The van der Waals surface area contributed by atoms with Crippen molar-refractivity contribution in [1.82, 2.24) is 63.3 Å². The molecule has 0 aliphatic carbocycles. The van der Waals surface area contributed by atoms with Gasteiger partial charge in [0.25, 0.3) is 5.91 Å². The zero-order valence-electron chi connectivity index (χ0n) is 55.1. The van der Waals surface area contributed by atoms with E-state index in [4.69, 9.17) is 17.2 Å². The standard InChI is InChI=1S/C66H96N16O14/c1-6-7-8-9-10-11-15-24-54(87)73-51(34-41-25-27-43(84)28-26-41)64(95)82-31-29-52(85)56(82)63(94)77-50(36-53(67)86)60(91)79-55(39(4)83)62(93)76-49(33-40-19-13-12-14-20-40)61(92)80-81-66(96)78-48(32-38(2)3)59(90)74-46(23-18-30-71-65(69)70-5)58(89)75-47(57(68)88)35-42-37-72-45-22-17-16-21-44(42)45/h12-14,16-17,19-22,25-28,37-39,46-52,55-56,72,83-85H,6-11,15,18,23-24,29-36H2,1-5H3,(H2,67,86)(H2,68,88)(H,73,87)(H,74,90)(H,75,89)(H,76,93)(H,77,94)(H,79,91)(H,80,92)(H3,69,70,71)(H2,78,81,96)/t39-,46+,47+,48+,49+,50+,51-,52?,55+,56+/m1/s1. The predicted octanol–water partition coefficient (Wildman–Crippen LogP) is -0.286. The third-order valence-electron chi connectivity index (χ3n) is 16.2. The van der Waals surface area contributed by atoms with Crippen LogP contribution in [-0.2, 0) is 67.2 Å². The van der Waals surface area contributed by atoms with Crippen LogP contribution in [-0.4, -0.2) is 177 Å². The van der Waals surface area contributed by atoms with Crippen molar-refractivity contribution in [2.75, 3.05) is 20.1 Å². The summed E-state index contributed by atoms with van der Waals surface area (Å²) in [6, 6.07) is 8.37. The number of hydrazine groups is 1. The molecule has 0 spiro atoms. The van der Waals surface area contributed by atoms with E-state index >= 15 is 0 Å². The summed E-state index contributed by atoms with van der Waals surface area (Å²) in [6.45, 7) is 6.86. The molecule has 12 amide bonds. The van der Waals surface area contributed by atoms with Gasteiger partial charge in [-0.2, -0.15) is 0 Å². The Morgan fingerprint density at radius 3 is 1.91 bits per heavy atom. The molecule has 1 saturated heterocycles. The van der Waals surface area contributed by atoms with Gasteiger partial charge >= 0.3 is 6.03 Å². The number of carbonyl (C=O) groups excluding carboxylic acids is 11. The number of aliphatic hydroxyl groups is 2. The number of nitrogens with two attached hydrogens (primary N) is 3. The number of rotatable bonds is 38. The number of phenolic OH excluding ortho intramolecular Hbond substituents is 1. The number of aromatic nitrogens is 1. The normalized spacial score (nSPS) is 16.2. The molecule has 10 atom stereocenters. The molecule has 524 valence electrons. The van der Waals surface area contributed by atoms with Crippen molar-refractivity contribution in [3.63, 3.8) is 0 Å². The van der Waals surface area contributed by atoms with Gasteiger partial charge in [0.1, 0.15) is 54.1 Å². The molecular weight excluding hydrogens is 1240 g/mol. The second kappa shape index (κ2) is 39.1. The molecule has 4 aromatic rings. The van der Waals surface area contributed by atoms with E-state index in [-0.39, 0.29) is 82.1 Å². The molecule has 1 aliphatic rings. The number of nitrogens with one attached hydrogen (secondary N) is 11. The van der Waals surface area contributed by atoms with Crippen LogP contribution in [0.2, 0.25) is 0 Å². The van der Waals surface area contributed by atoms with Crippen LogP contribution in [0.25, 0.3) is 10.9 Å². The molecule has 3 aromatic carbocycles. The Bertz CT molecular complexity index is 3290. The fraction of sp³-hybridized carbons (Fsp3) is 0.515. The Balaban J connectivity index is 1.28. The van der Waals surface area contributed by atoms with E-state index in [9.17, 15) is 68.1 Å². The van der Waals surface area contributed by atoms with Crippen molar-refractivity contribution in [3.8, 4) is 5.75 Å². The number of H-pyrrole nitrogens is 1. The van der Waals surface area contributed by atoms with Gasteiger partial charge in [-0.3, -0.25) is 58.4 Å². The molecule has 1 unspecified atom stereocenters. The summed E-state index contributed by atoms with van der Waals surface area (Å²) in [5, 5.41) is 53.6. The number of para-hydroxylation sites is 1. The molecule has 20 N–H and O–H groups in total. The first-order chi connectivity index (χ1) is 45.8. The summed E-state index contributed by atoms with van der Waals surface area (Å²) in [6.07, 6.45) is 4.27. The summed E-state index contributed by atoms with van der Waals surface area (Å²) in [5.74, 6) is -9.34. The quantitative estimate of drug-likeness (QED) is 0.0119. The monoisotopic (exact) mass is 1340 g/mol. The second-order valence-electron chi connectivity index (χ2n) is 24.4. The molecule has 1 aromatic heterocycles. The molecular formula is C66H96N16O14. The number of urea groups is 1. The number of fused-ring (bicyclic) bond motifs is 1. The minimum atomic E-state index is -1.91. The van der Waals surface area contributed by atoms with Crippen LogP contribution in [0.4, 0.5) is 4.79 Å². The third kappa shape index (κ3) is 25.1. The molecule has 0 radical (unpaired) electrons. The summed E-state index contributed by atoms with van der Waals surface area (Å²) in [7, 11) is 1.48. The summed E-state index contributed by atoms with van der Waals surface area (Å²) in [5.41, 5.74) is 24.1. The lowest BCUT2D eigenvalue weighted by atomic mass is 10.0. The molecule has 2 heterocycles. The molecule has 0 bridgehead atoms. The number of guanidine groups is 1. The van der Waals surface area contributed by atoms with Crippen molar-refractivity contribution in [2.24, 2.45) is 28.1 Å². The first-order valence-corrected chi connectivity index (χ1v) is 32.5. The number of nitrogens with zero attached hydrogens (tertiary/aromatic N) is 2. The van der Waals surface area contributed by atoms with Crippen molar-refractivity contribution in [3.05, 3.63) is 102 Å². The Morgan fingerprint density at radius 2 is 1.25 bits per heavy atom. The Kier molecular flexibility index (Phi) is 31.3. The van der Waals surface area contributed by atoms with Gasteiger partial charge < -0.3 is 84.9 Å². The average molecular weight is 1340 g/mol. The Hall–Kier alpha value is -9.84. The van der Waals surface area contributed by atoms with Crippen LogP contribution in [0.1, 0.15) is 128 Å². The Morgan fingerprint density at radius 1 is 0.635 bits per heavy atom. The minimum Gasteiger partial charge on any atom is -0.508 e. The second-order valence-corrected chi connectivity index (χ2v) is 24.4. The molecule has 30 heteroatoms. The lowest BCUT2D eigenvalue weighted by Crippen LogP contribution is -2.63. The number of likely N-dealkylation sites (tertiary alicyclic amines) is 1. The fourth-order valence-electron chi connectivity index (χ4n) is 11.0. The number of unbranched alkanes of at least 4 members (excludes halogenated alkanes) is 6. The van der Waals surface area contributed by atoms with Gasteiger partial charge in [-0.15, -0.1) is 0 Å². The van der Waals surface area contributed by atoms with Crippen LogP contribution in [0.15, 0.2) is 90.1 Å². The lowest BCUT2D eigenvalue weighted by Gasteiger charge is -2.31. The molecule has 5 rings (SSSR count). The maximum Gasteiger partial charge on any atom is 0.334 e. The first-order valence-electron chi connectivity index (χ1n) is 32.5. The van der Waals surface area contributed by atoms with Crippen LogP contribution in [0.5, 0.6) is 5.75 Å². The van der Waals surface area contributed by atoms with Crippen molar-refractivity contribution < 1.29 is 68.1 Å². The van der Waals surface area contributed by atoms with Crippen LogP contribution in [0, 0.1) is 5.92 Å². The van der Waals surface area contributed by atoms with Gasteiger partial charge in [-0.1, -0.05) is 120 Å². The third-order valence-corrected chi connectivity index (χ3v) is 16.2. The average Bonchev–Trinajstić information content (AvgIpc) is 1.67. The molecule has 0 saturated carbocycles. The van der Waals surface area contributed by atoms with E-state index in [1.165, 1.54) is 19.2 Å². The number of carbonyl (C=O) groups is 11. The highest BCUT2D eigenvalue weighted by Crippen LogP contribution is 2.23. The van der Waals surface area contributed by atoms with E-state index < -0.39 is 132 Å². The highest BCUT2D eigenvalue weighted by atomic mass is 16.3. The van der Waals surface area contributed by atoms with Crippen molar-refractivity contribution in [2.45, 2.75) is 191 Å². The van der Waals surface area contributed by atoms with Gasteiger partial charge in [0.2, 0.25) is 53.2 Å². The van der Waals surface area contributed by atoms with Crippen molar-refractivity contribution in [1.29, 1.82) is 0 Å². The highest BCUT2D eigenvalue weighted by Gasteiger charge is 2.45. The maximum atomic E-state index is 14.5. The number of aromatic amines is 1. The number of hydrogen-bond donors (Lipinski definition) is 17. The fourth-order valence-corrected chi connectivity index (χ4v) is 11.0. The number of benzene rings is 3. The molecule has 96 heavy (non-hydrogen) atoms. The lowest BCUT2D eigenvalue weighted by molar-refractivity contribution is -0.144. The predicted molar refractivity (Wildman–Crippen MR) is 357 cm³/mol. The SMILES string of the molecule is CCCCCCCCCC(=O)N[C@H](Cc1ccc(O)cc1)C(=O)N1CCC(O)[C@H]1C(=O)N[C@@H](CC(N)=O)C(=O)N[C@H](C(=O)N[C@@H](Cc1ccccc1)C(=O)NNC(=O)N[C@@H](CC(C)C)C(=O)N[C@@H](CCCNC(N)=NC)C(=O)N[C@@H](Cc1c[nH]c2ccccc12)C(N)=O)[C@@H](C)O. The van der Waals surface area contributed by atoms with E-state index in [1.54, 1.807) is 62.5 Å². The summed E-state index contributed by atoms with van der Waals surface area (Å²) < 4.78 is 0. The van der Waals surface area contributed by atoms with Crippen LogP contribution >= 0.6 is 0 Å². The Labute approximate surface area is 558 Å².